The quantitative estimate of drug-likeness (QED) is 0.551. The van der Waals surface area contributed by atoms with E-state index in [-0.39, 0.29) is 0 Å². The van der Waals surface area contributed by atoms with Crippen LogP contribution in [0.4, 0.5) is 0 Å². The molecule has 0 heterocycles. The van der Waals surface area contributed by atoms with E-state index in [4.69, 9.17) is 16.3 Å². The summed E-state index contributed by atoms with van der Waals surface area (Å²) in [5, 5.41) is 4.21. The molecule has 0 aliphatic rings. The van der Waals surface area contributed by atoms with Crippen LogP contribution in [0.5, 0.6) is 0 Å². The van der Waals surface area contributed by atoms with Crippen molar-refractivity contribution in [3.63, 3.8) is 0 Å². The average Bonchev–Trinajstić information content (AvgIpc) is 2.32. The fourth-order valence-corrected chi connectivity index (χ4v) is 2.56. The first kappa shape index (κ1) is 15.8. The summed E-state index contributed by atoms with van der Waals surface area (Å²) in [4.78, 5) is 1.23. The van der Waals surface area contributed by atoms with Crippen LogP contribution in [0.1, 0.15) is 20.3 Å². The van der Waals surface area contributed by atoms with Crippen molar-refractivity contribution in [2.75, 3.05) is 25.4 Å². The van der Waals surface area contributed by atoms with Crippen molar-refractivity contribution in [1.29, 1.82) is 0 Å². The highest BCUT2D eigenvalue weighted by atomic mass is 35.5. The van der Waals surface area contributed by atoms with Crippen molar-refractivity contribution in [3.8, 4) is 0 Å². The van der Waals surface area contributed by atoms with Gasteiger partial charge in [-0.05, 0) is 45.0 Å². The van der Waals surface area contributed by atoms with Gasteiger partial charge in [0, 0.05) is 28.8 Å². The van der Waals surface area contributed by atoms with Crippen LogP contribution >= 0.6 is 23.4 Å². The molecule has 18 heavy (non-hydrogen) atoms. The Morgan fingerprint density at radius 1 is 1.33 bits per heavy atom. The van der Waals surface area contributed by atoms with Gasteiger partial charge in [0.2, 0.25) is 0 Å². The van der Waals surface area contributed by atoms with Gasteiger partial charge in [-0.2, -0.15) is 0 Å². The number of benzene rings is 1. The molecule has 1 aromatic rings. The van der Waals surface area contributed by atoms with Gasteiger partial charge >= 0.3 is 0 Å². The smallest absolute Gasteiger partial charge is 0.0518 e. The summed E-state index contributed by atoms with van der Waals surface area (Å²) < 4.78 is 5.47. The van der Waals surface area contributed by atoms with Gasteiger partial charge in [0.1, 0.15) is 0 Å². The topological polar surface area (TPSA) is 21.3 Å². The number of thioether (sulfide) groups is 1. The van der Waals surface area contributed by atoms with E-state index in [1.165, 1.54) is 4.90 Å². The lowest BCUT2D eigenvalue weighted by molar-refractivity contribution is 0.0772. The molecule has 0 saturated carbocycles. The zero-order chi connectivity index (χ0) is 13.2. The van der Waals surface area contributed by atoms with Crippen LogP contribution in [0.2, 0.25) is 5.02 Å². The number of rotatable bonds is 9. The van der Waals surface area contributed by atoms with E-state index in [0.29, 0.717) is 6.10 Å². The van der Waals surface area contributed by atoms with Gasteiger partial charge in [-0.25, -0.2) is 0 Å². The largest absolute Gasteiger partial charge is 0.379 e. The molecule has 0 spiro atoms. The summed E-state index contributed by atoms with van der Waals surface area (Å²) in [5.74, 6) is 1.06. The third-order valence-electron chi connectivity index (χ3n) is 2.29. The standard InChI is InChI=1S/C14H22ClNOS/c1-12(2)17-9-4-7-16-8-10-18-14-6-3-5-13(15)11-14/h3,5-6,11-12,16H,4,7-10H2,1-2H3. The van der Waals surface area contributed by atoms with Crippen LogP contribution in [-0.4, -0.2) is 31.6 Å². The Labute approximate surface area is 119 Å². The summed E-state index contributed by atoms with van der Waals surface area (Å²) in [6.45, 7) is 7.00. The van der Waals surface area contributed by atoms with Crippen molar-refractivity contribution in [2.45, 2.75) is 31.3 Å². The fraction of sp³-hybridized carbons (Fsp3) is 0.571. The Hall–Kier alpha value is -0.220. The first-order valence-electron chi connectivity index (χ1n) is 6.39. The lowest BCUT2D eigenvalue weighted by atomic mass is 10.4. The van der Waals surface area contributed by atoms with Gasteiger partial charge < -0.3 is 10.1 Å². The Bertz CT molecular complexity index is 333. The molecule has 0 aromatic heterocycles. The molecule has 1 aromatic carbocycles. The molecule has 0 radical (unpaired) electrons. The van der Waals surface area contributed by atoms with Crippen molar-refractivity contribution in [1.82, 2.24) is 5.32 Å². The Kier molecular flexibility index (Phi) is 8.51. The van der Waals surface area contributed by atoms with Crippen LogP contribution < -0.4 is 5.32 Å². The molecule has 2 nitrogen and oxygen atoms in total. The third-order valence-corrected chi connectivity index (χ3v) is 3.52. The lowest BCUT2D eigenvalue weighted by Crippen LogP contribution is -2.20. The highest BCUT2D eigenvalue weighted by Gasteiger charge is 1.96. The predicted molar refractivity (Wildman–Crippen MR) is 80.8 cm³/mol. The summed E-state index contributed by atoms with van der Waals surface area (Å²) in [7, 11) is 0. The molecule has 0 atom stereocenters. The molecule has 0 bridgehead atoms. The first-order chi connectivity index (χ1) is 8.68. The zero-order valence-electron chi connectivity index (χ0n) is 11.1. The van der Waals surface area contributed by atoms with Gasteiger partial charge in [-0.1, -0.05) is 17.7 Å². The normalized spacial score (nSPS) is 11.1. The second-order valence-electron chi connectivity index (χ2n) is 4.33. The molecule has 0 unspecified atom stereocenters. The Morgan fingerprint density at radius 2 is 2.17 bits per heavy atom. The van der Waals surface area contributed by atoms with E-state index in [2.05, 4.69) is 25.2 Å². The van der Waals surface area contributed by atoms with Crippen molar-refractivity contribution in [3.05, 3.63) is 29.3 Å². The molecule has 1 rings (SSSR count). The average molecular weight is 288 g/mol. The van der Waals surface area contributed by atoms with Gasteiger partial charge in [0.25, 0.3) is 0 Å². The second-order valence-corrected chi connectivity index (χ2v) is 5.93. The molecule has 0 aliphatic heterocycles. The fourth-order valence-electron chi connectivity index (χ4n) is 1.44. The summed E-state index contributed by atoms with van der Waals surface area (Å²) in [5.41, 5.74) is 0. The lowest BCUT2D eigenvalue weighted by Gasteiger charge is -2.08. The monoisotopic (exact) mass is 287 g/mol. The number of hydrogen-bond acceptors (Lipinski definition) is 3. The van der Waals surface area contributed by atoms with E-state index < -0.39 is 0 Å². The maximum atomic E-state index is 5.92. The maximum Gasteiger partial charge on any atom is 0.0518 e. The Morgan fingerprint density at radius 3 is 2.89 bits per heavy atom. The minimum Gasteiger partial charge on any atom is -0.379 e. The second kappa shape index (κ2) is 9.68. The van der Waals surface area contributed by atoms with Crippen LogP contribution in [0.25, 0.3) is 0 Å². The van der Waals surface area contributed by atoms with E-state index in [1.807, 2.05) is 30.0 Å². The van der Waals surface area contributed by atoms with Gasteiger partial charge in [-0.15, -0.1) is 11.8 Å². The molecule has 0 aliphatic carbocycles. The van der Waals surface area contributed by atoms with E-state index in [1.54, 1.807) is 0 Å². The van der Waals surface area contributed by atoms with Crippen LogP contribution in [0.3, 0.4) is 0 Å². The SMILES string of the molecule is CC(C)OCCCNCCSc1cccc(Cl)c1. The van der Waals surface area contributed by atoms with E-state index in [0.717, 1.165) is 36.9 Å². The molecular weight excluding hydrogens is 266 g/mol. The third kappa shape index (κ3) is 7.98. The molecule has 0 saturated heterocycles. The molecule has 1 N–H and O–H groups in total. The highest BCUT2D eigenvalue weighted by molar-refractivity contribution is 7.99. The number of nitrogens with one attached hydrogen (secondary N) is 1. The molecule has 0 fully saturated rings. The first-order valence-corrected chi connectivity index (χ1v) is 7.75. The number of halogens is 1. The summed E-state index contributed by atoms with van der Waals surface area (Å²) in [6.07, 6.45) is 1.41. The van der Waals surface area contributed by atoms with Crippen LogP contribution in [-0.2, 0) is 4.74 Å². The molecule has 102 valence electrons. The predicted octanol–water partition coefficient (Wildman–Crippen LogP) is 3.84. The summed E-state index contributed by atoms with van der Waals surface area (Å²) >= 11 is 7.75. The zero-order valence-corrected chi connectivity index (χ0v) is 12.7. The maximum absolute atomic E-state index is 5.92. The van der Waals surface area contributed by atoms with Gasteiger partial charge in [0.05, 0.1) is 6.10 Å². The van der Waals surface area contributed by atoms with Gasteiger partial charge in [-0.3, -0.25) is 0 Å². The molecule has 0 amide bonds. The van der Waals surface area contributed by atoms with Crippen molar-refractivity contribution in [2.24, 2.45) is 0 Å². The van der Waals surface area contributed by atoms with Crippen molar-refractivity contribution < 1.29 is 4.74 Å². The number of hydrogen-bond donors (Lipinski definition) is 1. The number of ether oxygens (including phenoxy) is 1. The van der Waals surface area contributed by atoms with E-state index >= 15 is 0 Å². The van der Waals surface area contributed by atoms with Gasteiger partial charge in [0.15, 0.2) is 0 Å². The summed E-state index contributed by atoms with van der Waals surface area (Å²) in [6, 6.07) is 7.98. The Balaban J connectivity index is 1.96. The van der Waals surface area contributed by atoms with E-state index in [9.17, 15) is 0 Å². The minimum absolute atomic E-state index is 0.336. The molecule has 4 heteroatoms. The van der Waals surface area contributed by atoms with Crippen molar-refractivity contribution >= 4 is 23.4 Å². The highest BCUT2D eigenvalue weighted by Crippen LogP contribution is 2.20. The van der Waals surface area contributed by atoms with Crippen LogP contribution in [0.15, 0.2) is 29.2 Å². The minimum atomic E-state index is 0.336. The molecular formula is C14H22ClNOS. The van der Waals surface area contributed by atoms with Crippen LogP contribution in [0, 0.1) is 0 Å².